The number of benzene rings is 1. The third-order valence-electron chi connectivity index (χ3n) is 4.13. The standard InChI is InChI=1S/C17H21FN4O.ClH/c1-2-16-15(17(23)21-10-3-8-19-9-11-21)12-20-22(16)14-6-4-13(18)5-7-14;/h4-7,12,19H,2-3,8-11H2,1H3;1H. The molecular weight excluding hydrogens is 331 g/mol. The maximum atomic E-state index is 13.1. The van der Waals surface area contributed by atoms with E-state index in [2.05, 4.69) is 10.4 Å². The number of aromatic nitrogens is 2. The van der Waals surface area contributed by atoms with E-state index in [4.69, 9.17) is 0 Å². The Balaban J connectivity index is 0.00000208. The SMILES string of the molecule is CCc1c(C(=O)N2CCCNCC2)cnn1-c1ccc(F)cc1.Cl. The van der Waals surface area contributed by atoms with Crippen LogP contribution in [-0.2, 0) is 6.42 Å². The lowest BCUT2D eigenvalue weighted by Crippen LogP contribution is -2.34. The summed E-state index contributed by atoms with van der Waals surface area (Å²) >= 11 is 0. The van der Waals surface area contributed by atoms with Crippen LogP contribution in [0.3, 0.4) is 0 Å². The zero-order chi connectivity index (χ0) is 16.2. The van der Waals surface area contributed by atoms with Crippen molar-refractivity contribution in [3.8, 4) is 5.69 Å². The highest BCUT2D eigenvalue weighted by molar-refractivity contribution is 5.95. The van der Waals surface area contributed by atoms with E-state index in [9.17, 15) is 9.18 Å². The maximum absolute atomic E-state index is 13.1. The van der Waals surface area contributed by atoms with Gasteiger partial charge in [-0.05, 0) is 43.7 Å². The second-order valence-corrected chi connectivity index (χ2v) is 5.64. The normalized spacial score (nSPS) is 14.8. The topological polar surface area (TPSA) is 50.2 Å². The van der Waals surface area contributed by atoms with Crippen molar-refractivity contribution in [2.45, 2.75) is 19.8 Å². The van der Waals surface area contributed by atoms with Crippen molar-refractivity contribution in [3.63, 3.8) is 0 Å². The molecule has 3 rings (SSSR count). The quantitative estimate of drug-likeness (QED) is 0.923. The largest absolute Gasteiger partial charge is 0.337 e. The monoisotopic (exact) mass is 352 g/mol. The summed E-state index contributed by atoms with van der Waals surface area (Å²) in [5, 5.41) is 7.66. The number of rotatable bonds is 3. The van der Waals surface area contributed by atoms with Gasteiger partial charge in [-0.15, -0.1) is 12.4 Å². The molecule has 2 aromatic rings. The summed E-state index contributed by atoms with van der Waals surface area (Å²) in [7, 11) is 0. The average Bonchev–Trinajstić information content (AvgIpc) is 2.80. The van der Waals surface area contributed by atoms with E-state index in [-0.39, 0.29) is 24.1 Å². The summed E-state index contributed by atoms with van der Waals surface area (Å²) in [6.07, 6.45) is 3.27. The molecule has 1 aliphatic rings. The fraction of sp³-hybridized carbons (Fsp3) is 0.412. The summed E-state index contributed by atoms with van der Waals surface area (Å²) < 4.78 is 14.8. The Kier molecular flexibility index (Phi) is 6.34. The van der Waals surface area contributed by atoms with Gasteiger partial charge < -0.3 is 10.2 Å². The number of amides is 1. The lowest BCUT2D eigenvalue weighted by atomic mass is 10.1. The molecule has 0 saturated carbocycles. The first kappa shape index (κ1) is 18.4. The molecule has 1 N–H and O–H groups in total. The molecular formula is C17H22ClFN4O. The summed E-state index contributed by atoms with van der Waals surface area (Å²) in [6, 6.07) is 6.15. The molecule has 1 aromatic carbocycles. The number of carbonyl (C=O) groups is 1. The van der Waals surface area contributed by atoms with Gasteiger partial charge in [-0.25, -0.2) is 9.07 Å². The van der Waals surface area contributed by atoms with Gasteiger partial charge in [-0.1, -0.05) is 6.92 Å². The minimum atomic E-state index is -0.285. The third-order valence-corrected chi connectivity index (χ3v) is 4.13. The molecule has 1 aliphatic heterocycles. The van der Waals surface area contributed by atoms with Crippen LogP contribution in [-0.4, -0.2) is 46.8 Å². The van der Waals surface area contributed by atoms with Crippen LogP contribution in [0.1, 0.15) is 29.4 Å². The van der Waals surface area contributed by atoms with Gasteiger partial charge in [0.15, 0.2) is 0 Å². The first-order chi connectivity index (χ1) is 11.2. The van der Waals surface area contributed by atoms with Gasteiger partial charge in [-0.2, -0.15) is 5.10 Å². The maximum Gasteiger partial charge on any atom is 0.257 e. The molecule has 0 spiro atoms. The lowest BCUT2D eigenvalue weighted by Gasteiger charge is -2.20. The highest BCUT2D eigenvalue weighted by Gasteiger charge is 2.23. The Labute approximate surface area is 147 Å². The highest BCUT2D eigenvalue weighted by Crippen LogP contribution is 2.18. The van der Waals surface area contributed by atoms with Crippen LogP contribution >= 0.6 is 12.4 Å². The Bertz CT molecular complexity index is 678. The number of carbonyl (C=O) groups excluding carboxylic acids is 1. The zero-order valence-corrected chi connectivity index (χ0v) is 14.5. The molecule has 5 nitrogen and oxygen atoms in total. The van der Waals surface area contributed by atoms with E-state index in [0.717, 1.165) is 37.4 Å². The van der Waals surface area contributed by atoms with Gasteiger partial charge in [0.2, 0.25) is 0 Å². The van der Waals surface area contributed by atoms with E-state index < -0.39 is 0 Å². The van der Waals surface area contributed by atoms with Crippen molar-refractivity contribution >= 4 is 18.3 Å². The number of hydrogen-bond acceptors (Lipinski definition) is 3. The van der Waals surface area contributed by atoms with Crippen LogP contribution in [0.25, 0.3) is 5.69 Å². The van der Waals surface area contributed by atoms with Crippen molar-refractivity contribution in [1.82, 2.24) is 20.0 Å². The molecule has 1 fully saturated rings. The number of nitrogens with zero attached hydrogens (tertiary/aromatic N) is 3. The summed E-state index contributed by atoms with van der Waals surface area (Å²) in [6.45, 7) is 5.23. The highest BCUT2D eigenvalue weighted by atomic mass is 35.5. The Morgan fingerprint density at radius 1 is 1.25 bits per heavy atom. The van der Waals surface area contributed by atoms with Gasteiger partial charge >= 0.3 is 0 Å². The smallest absolute Gasteiger partial charge is 0.257 e. The van der Waals surface area contributed by atoms with Crippen LogP contribution in [0, 0.1) is 5.82 Å². The fourth-order valence-electron chi connectivity index (χ4n) is 2.92. The molecule has 2 heterocycles. The molecule has 0 unspecified atom stereocenters. The first-order valence-electron chi connectivity index (χ1n) is 8.03. The minimum Gasteiger partial charge on any atom is -0.337 e. The average molecular weight is 353 g/mol. The van der Waals surface area contributed by atoms with Crippen LogP contribution in [0.5, 0.6) is 0 Å². The van der Waals surface area contributed by atoms with E-state index >= 15 is 0 Å². The Morgan fingerprint density at radius 3 is 2.71 bits per heavy atom. The van der Waals surface area contributed by atoms with Crippen molar-refractivity contribution in [2.24, 2.45) is 0 Å². The molecule has 0 radical (unpaired) electrons. The van der Waals surface area contributed by atoms with Crippen molar-refractivity contribution in [3.05, 3.63) is 47.5 Å². The first-order valence-corrected chi connectivity index (χ1v) is 8.03. The van der Waals surface area contributed by atoms with Crippen LogP contribution < -0.4 is 5.32 Å². The fourth-order valence-corrected chi connectivity index (χ4v) is 2.92. The van der Waals surface area contributed by atoms with E-state index in [1.807, 2.05) is 11.8 Å². The third kappa shape index (κ3) is 3.76. The molecule has 1 amide bonds. The Hall–Kier alpha value is -1.92. The number of hydrogen-bond donors (Lipinski definition) is 1. The predicted molar refractivity (Wildman–Crippen MR) is 93.5 cm³/mol. The van der Waals surface area contributed by atoms with Gasteiger partial charge in [-0.3, -0.25) is 4.79 Å². The molecule has 130 valence electrons. The van der Waals surface area contributed by atoms with E-state index in [1.54, 1.807) is 23.0 Å². The molecule has 0 aliphatic carbocycles. The molecule has 24 heavy (non-hydrogen) atoms. The summed E-state index contributed by atoms with van der Waals surface area (Å²) in [5.74, 6) is -0.258. The Morgan fingerprint density at radius 2 is 2.00 bits per heavy atom. The van der Waals surface area contributed by atoms with Crippen molar-refractivity contribution < 1.29 is 9.18 Å². The van der Waals surface area contributed by atoms with Gasteiger partial charge in [0, 0.05) is 19.6 Å². The van der Waals surface area contributed by atoms with Gasteiger partial charge in [0.1, 0.15) is 5.82 Å². The minimum absolute atomic E-state index is 0. The van der Waals surface area contributed by atoms with Crippen molar-refractivity contribution in [2.75, 3.05) is 26.2 Å². The van der Waals surface area contributed by atoms with E-state index in [0.29, 0.717) is 18.5 Å². The predicted octanol–water partition coefficient (Wildman–Crippen LogP) is 2.43. The molecule has 1 saturated heterocycles. The summed E-state index contributed by atoms with van der Waals surface area (Å²) in [5.41, 5.74) is 2.26. The molecule has 7 heteroatoms. The second-order valence-electron chi connectivity index (χ2n) is 5.64. The summed E-state index contributed by atoms with van der Waals surface area (Å²) in [4.78, 5) is 14.7. The number of nitrogens with one attached hydrogen (secondary N) is 1. The lowest BCUT2D eigenvalue weighted by molar-refractivity contribution is 0.0765. The van der Waals surface area contributed by atoms with Crippen LogP contribution in [0.15, 0.2) is 30.5 Å². The van der Waals surface area contributed by atoms with E-state index in [1.165, 1.54) is 12.1 Å². The molecule has 1 aromatic heterocycles. The van der Waals surface area contributed by atoms with Crippen LogP contribution in [0.2, 0.25) is 0 Å². The van der Waals surface area contributed by atoms with Gasteiger partial charge in [0.05, 0.1) is 23.1 Å². The second kappa shape index (κ2) is 8.26. The molecule has 0 bridgehead atoms. The zero-order valence-electron chi connectivity index (χ0n) is 13.7. The van der Waals surface area contributed by atoms with Crippen LogP contribution in [0.4, 0.5) is 4.39 Å². The van der Waals surface area contributed by atoms with Crippen molar-refractivity contribution in [1.29, 1.82) is 0 Å². The molecule has 0 atom stereocenters. The van der Waals surface area contributed by atoms with Gasteiger partial charge in [0.25, 0.3) is 5.91 Å². The number of halogens is 2.